The molecule has 0 aliphatic heterocycles. The minimum atomic E-state index is -0.478. The molecule has 0 spiro atoms. The van der Waals surface area contributed by atoms with Crippen LogP contribution in [0.4, 0.5) is 16.2 Å². The van der Waals surface area contributed by atoms with E-state index in [0.29, 0.717) is 18.2 Å². The first-order valence-corrected chi connectivity index (χ1v) is 9.73. The van der Waals surface area contributed by atoms with Gasteiger partial charge in [-0.1, -0.05) is 0 Å². The second-order valence-corrected chi connectivity index (χ2v) is 6.91. The van der Waals surface area contributed by atoms with Crippen LogP contribution < -0.4 is 20.7 Å². The van der Waals surface area contributed by atoms with Gasteiger partial charge < -0.3 is 30.7 Å². The lowest BCUT2D eigenvalue weighted by Gasteiger charge is -2.10. The smallest absolute Gasteiger partial charge is 0.397 e. The normalized spacial score (nSPS) is 10.9. The Morgan fingerprint density at radius 2 is 2.07 bits per heavy atom. The number of anilines is 2. The first kappa shape index (κ1) is 18.1. The zero-order valence-electron chi connectivity index (χ0n) is 15.0. The van der Waals surface area contributed by atoms with Gasteiger partial charge in [-0.3, -0.25) is 0 Å². The third-order valence-corrected chi connectivity index (χ3v) is 4.88. The molecule has 0 aliphatic rings. The Kier molecular flexibility index (Phi) is 5.55. The molecular weight excluding hydrogens is 376 g/mol. The quantitative estimate of drug-likeness (QED) is 0.293. The van der Waals surface area contributed by atoms with Crippen molar-refractivity contribution in [1.29, 1.82) is 0 Å². The van der Waals surface area contributed by atoms with Crippen molar-refractivity contribution in [2.45, 2.75) is 6.54 Å². The number of thiophene rings is 1. The lowest BCUT2D eigenvalue weighted by molar-refractivity contribution is 0.202. The highest BCUT2D eigenvalue weighted by molar-refractivity contribution is 7.12. The number of carbonyl (C=O) groups is 1. The van der Waals surface area contributed by atoms with E-state index in [4.69, 9.17) is 4.74 Å². The van der Waals surface area contributed by atoms with E-state index in [1.54, 1.807) is 6.20 Å². The van der Waals surface area contributed by atoms with Crippen molar-refractivity contribution in [2.24, 2.45) is 0 Å². The fourth-order valence-corrected chi connectivity index (χ4v) is 3.45. The molecule has 144 valence electrons. The molecular formula is C19H20N6O2S. The maximum Gasteiger partial charge on any atom is 0.413 e. The van der Waals surface area contributed by atoms with Crippen LogP contribution in [0.5, 0.6) is 5.06 Å². The Hall–Kier alpha value is -3.30. The Labute approximate surface area is 165 Å². The van der Waals surface area contributed by atoms with Crippen molar-refractivity contribution in [3.05, 3.63) is 60.0 Å². The number of rotatable bonds is 8. The van der Waals surface area contributed by atoms with E-state index in [2.05, 4.69) is 30.9 Å². The Bertz CT molecular complexity index is 1040. The van der Waals surface area contributed by atoms with Gasteiger partial charge in [0.1, 0.15) is 5.65 Å². The van der Waals surface area contributed by atoms with Gasteiger partial charge in [0, 0.05) is 49.3 Å². The van der Waals surface area contributed by atoms with Gasteiger partial charge in [-0.2, -0.15) is 0 Å². The summed E-state index contributed by atoms with van der Waals surface area (Å²) in [4.78, 5) is 22.5. The van der Waals surface area contributed by atoms with Gasteiger partial charge in [0.05, 0.1) is 11.4 Å². The number of nitrogens with one attached hydrogen (secondary N) is 5. The van der Waals surface area contributed by atoms with Gasteiger partial charge in [0.15, 0.2) is 0 Å². The van der Waals surface area contributed by atoms with Crippen LogP contribution in [-0.4, -0.2) is 34.1 Å². The van der Waals surface area contributed by atoms with Crippen LogP contribution in [0, 0.1) is 0 Å². The number of fused-ring (bicyclic) bond motifs is 1. The highest BCUT2D eigenvalue weighted by Crippen LogP contribution is 2.35. The molecule has 0 unspecified atom stereocenters. The molecule has 4 aromatic heterocycles. The van der Waals surface area contributed by atoms with Gasteiger partial charge in [-0.25, -0.2) is 9.78 Å². The molecule has 9 heteroatoms. The van der Waals surface area contributed by atoms with E-state index in [-0.39, 0.29) is 0 Å². The van der Waals surface area contributed by atoms with Crippen LogP contribution in [0.1, 0.15) is 5.69 Å². The van der Waals surface area contributed by atoms with Crippen molar-refractivity contribution >= 4 is 39.8 Å². The number of pyridine rings is 1. The summed E-state index contributed by atoms with van der Waals surface area (Å²) in [6.07, 6.45) is 4.96. The van der Waals surface area contributed by atoms with Crippen molar-refractivity contribution in [3.63, 3.8) is 0 Å². The predicted molar refractivity (Wildman–Crippen MR) is 110 cm³/mol. The highest BCUT2D eigenvalue weighted by Gasteiger charge is 2.12. The summed E-state index contributed by atoms with van der Waals surface area (Å²) >= 11 is 1.36. The fraction of sp³-hybridized carbons (Fsp3) is 0.158. The summed E-state index contributed by atoms with van der Waals surface area (Å²) in [6.45, 7) is 1.84. The predicted octanol–water partition coefficient (Wildman–Crippen LogP) is 3.57. The minimum absolute atomic E-state index is 0.474. The fourth-order valence-electron chi connectivity index (χ4n) is 2.76. The molecule has 0 saturated heterocycles. The van der Waals surface area contributed by atoms with Crippen LogP contribution in [0.2, 0.25) is 0 Å². The van der Waals surface area contributed by atoms with E-state index in [1.165, 1.54) is 11.3 Å². The maximum atomic E-state index is 12.1. The van der Waals surface area contributed by atoms with Crippen molar-refractivity contribution in [1.82, 2.24) is 25.6 Å². The molecule has 5 N–H and O–H groups in total. The molecule has 4 heterocycles. The maximum absolute atomic E-state index is 12.1. The molecule has 0 fully saturated rings. The largest absolute Gasteiger partial charge is 0.413 e. The number of amides is 1. The molecule has 0 atom stereocenters. The molecule has 1 amide bonds. The molecule has 4 rings (SSSR count). The summed E-state index contributed by atoms with van der Waals surface area (Å²) in [5, 5.41) is 12.7. The summed E-state index contributed by atoms with van der Waals surface area (Å²) in [7, 11) is 0. The van der Waals surface area contributed by atoms with Gasteiger partial charge in [-0.05, 0) is 35.7 Å². The Morgan fingerprint density at radius 3 is 2.96 bits per heavy atom. The first-order valence-electron chi connectivity index (χ1n) is 8.85. The van der Waals surface area contributed by atoms with Crippen LogP contribution >= 0.6 is 11.3 Å². The third kappa shape index (κ3) is 4.33. The number of aromatic nitrogens is 3. The van der Waals surface area contributed by atoms with Crippen LogP contribution in [-0.2, 0) is 6.54 Å². The van der Waals surface area contributed by atoms with Crippen molar-refractivity contribution < 1.29 is 9.53 Å². The molecule has 0 bridgehead atoms. The lowest BCUT2D eigenvalue weighted by atomic mass is 10.3. The number of carbonyl (C=O) groups excluding carboxylic acids is 1. The molecule has 0 aromatic carbocycles. The first-order chi connectivity index (χ1) is 13.8. The number of aromatic amines is 2. The van der Waals surface area contributed by atoms with Crippen LogP contribution in [0.3, 0.4) is 0 Å². The van der Waals surface area contributed by atoms with E-state index >= 15 is 0 Å². The Morgan fingerprint density at radius 1 is 1.11 bits per heavy atom. The lowest BCUT2D eigenvalue weighted by Crippen LogP contribution is -2.33. The number of H-pyrrole nitrogens is 2. The average molecular weight is 396 g/mol. The second-order valence-electron chi connectivity index (χ2n) is 6.03. The standard InChI is InChI=1S/C19H20N6O2S/c26-19(24-10-9-20-12-13-2-1-6-21-13)27-18-16(5-11-28-18)25-15-4-8-23-17-14(15)3-7-22-17/h1-8,11,20-21H,9-10,12H2,(H,24,26)(H2,22,23,25). The zero-order chi connectivity index (χ0) is 19.2. The summed E-state index contributed by atoms with van der Waals surface area (Å²) < 4.78 is 5.45. The number of hydrogen-bond acceptors (Lipinski definition) is 6. The minimum Gasteiger partial charge on any atom is -0.397 e. The van der Waals surface area contributed by atoms with E-state index in [9.17, 15) is 4.79 Å². The van der Waals surface area contributed by atoms with Gasteiger partial charge in [0.25, 0.3) is 0 Å². The topological polar surface area (TPSA) is 107 Å². The second kappa shape index (κ2) is 8.59. The molecule has 0 aliphatic carbocycles. The number of hydrogen-bond donors (Lipinski definition) is 5. The van der Waals surface area contributed by atoms with Gasteiger partial charge in [0.2, 0.25) is 5.06 Å². The monoisotopic (exact) mass is 396 g/mol. The van der Waals surface area contributed by atoms with Gasteiger partial charge in [-0.15, -0.1) is 11.3 Å². The molecule has 4 aromatic rings. The SMILES string of the molecule is O=C(NCCNCc1ccc[nH]1)Oc1sccc1Nc1ccnc2[nH]ccc12. The van der Waals surface area contributed by atoms with E-state index in [1.807, 2.05) is 48.1 Å². The van der Waals surface area contributed by atoms with Crippen molar-refractivity contribution in [2.75, 3.05) is 18.4 Å². The Balaban J connectivity index is 1.28. The molecule has 0 radical (unpaired) electrons. The van der Waals surface area contributed by atoms with E-state index < -0.39 is 6.09 Å². The molecule has 8 nitrogen and oxygen atoms in total. The summed E-state index contributed by atoms with van der Waals surface area (Å²) in [5.41, 5.74) is 3.53. The van der Waals surface area contributed by atoms with Crippen LogP contribution in [0.25, 0.3) is 11.0 Å². The van der Waals surface area contributed by atoms with Gasteiger partial charge >= 0.3 is 6.09 Å². The molecule has 0 saturated carbocycles. The zero-order valence-corrected chi connectivity index (χ0v) is 15.8. The molecule has 28 heavy (non-hydrogen) atoms. The summed E-state index contributed by atoms with van der Waals surface area (Å²) in [6, 6.07) is 9.67. The number of ether oxygens (including phenoxy) is 1. The highest BCUT2D eigenvalue weighted by atomic mass is 32.1. The summed E-state index contributed by atoms with van der Waals surface area (Å²) in [5.74, 6) is 0. The van der Waals surface area contributed by atoms with Crippen LogP contribution in [0.15, 0.2) is 54.3 Å². The average Bonchev–Trinajstić information content (AvgIpc) is 3.44. The third-order valence-electron chi connectivity index (χ3n) is 4.09. The van der Waals surface area contributed by atoms with E-state index in [0.717, 1.165) is 34.6 Å². The number of nitrogens with zero attached hydrogens (tertiary/aromatic N) is 1. The van der Waals surface area contributed by atoms with Crippen molar-refractivity contribution in [3.8, 4) is 5.06 Å².